The van der Waals surface area contributed by atoms with Gasteiger partial charge < -0.3 is 33.5 Å². The number of esters is 3. The fraction of sp³-hybridized carbons (Fsp3) is 0.828. The second-order valence-corrected chi connectivity index (χ2v) is 12.5. The summed E-state index contributed by atoms with van der Waals surface area (Å²) >= 11 is 0. The summed E-state index contributed by atoms with van der Waals surface area (Å²) in [6.07, 6.45) is 2.38. The van der Waals surface area contributed by atoms with Crippen LogP contribution in [0.4, 0.5) is 0 Å². The van der Waals surface area contributed by atoms with Gasteiger partial charge in [0.05, 0.1) is 36.4 Å². The summed E-state index contributed by atoms with van der Waals surface area (Å²) in [5, 5.41) is 11.6. The lowest BCUT2D eigenvalue weighted by atomic mass is 9.41. The zero-order chi connectivity index (χ0) is 28.3. The van der Waals surface area contributed by atoms with Gasteiger partial charge in [-0.2, -0.15) is 0 Å². The van der Waals surface area contributed by atoms with E-state index in [4.69, 9.17) is 28.4 Å². The second-order valence-electron chi connectivity index (χ2n) is 12.5. The zero-order valence-corrected chi connectivity index (χ0v) is 23.7. The Kier molecular flexibility index (Phi) is 7.29. The Hall–Kier alpha value is -2.17. The molecule has 1 N–H and O–H groups in total. The van der Waals surface area contributed by atoms with Crippen molar-refractivity contribution in [1.82, 2.24) is 0 Å². The van der Waals surface area contributed by atoms with Gasteiger partial charge in [0.1, 0.15) is 18.3 Å². The van der Waals surface area contributed by atoms with Crippen LogP contribution in [-0.2, 0) is 42.8 Å². The van der Waals surface area contributed by atoms with Gasteiger partial charge in [0.25, 0.3) is 0 Å². The first-order valence-electron chi connectivity index (χ1n) is 14.2. The summed E-state index contributed by atoms with van der Waals surface area (Å²) in [7, 11) is 0. The largest absolute Gasteiger partial charge is 0.472 e. The molecule has 0 aromatic heterocycles. The van der Waals surface area contributed by atoms with Crippen LogP contribution in [0, 0.1) is 34.5 Å². The molecular formula is C29H42O10. The minimum atomic E-state index is -1.19. The maximum Gasteiger partial charge on any atom is 0.309 e. The van der Waals surface area contributed by atoms with E-state index in [1.165, 1.54) is 13.8 Å². The van der Waals surface area contributed by atoms with Gasteiger partial charge in [-0.25, -0.2) is 0 Å². The topological polar surface area (TPSA) is 130 Å². The van der Waals surface area contributed by atoms with Crippen molar-refractivity contribution >= 4 is 17.9 Å². The summed E-state index contributed by atoms with van der Waals surface area (Å²) in [6.45, 7) is 10.7. The first kappa shape index (κ1) is 28.4. The van der Waals surface area contributed by atoms with Crippen LogP contribution in [0.1, 0.15) is 67.2 Å². The van der Waals surface area contributed by atoms with Crippen LogP contribution in [0.25, 0.3) is 0 Å². The Morgan fingerprint density at radius 2 is 1.85 bits per heavy atom. The van der Waals surface area contributed by atoms with Crippen LogP contribution < -0.4 is 0 Å². The van der Waals surface area contributed by atoms with Gasteiger partial charge in [0.15, 0.2) is 6.10 Å². The molecule has 0 amide bonds. The highest BCUT2D eigenvalue weighted by Crippen LogP contribution is 2.70. The molecule has 0 aromatic rings. The van der Waals surface area contributed by atoms with E-state index in [0.29, 0.717) is 12.8 Å². The van der Waals surface area contributed by atoms with Gasteiger partial charge in [0.2, 0.25) is 6.29 Å². The van der Waals surface area contributed by atoms with Crippen molar-refractivity contribution < 1.29 is 47.9 Å². The molecule has 2 saturated carbocycles. The van der Waals surface area contributed by atoms with Crippen molar-refractivity contribution in [2.75, 3.05) is 13.2 Å². The average molecular weight is 551 g/mol. The Morgan fingerprint density at radius 3 is 2.44 bits per heavy atom. The molecule has 12 atom stereocenters. The third-order valence-electron chi connectivity index (χ3n) is 10.6. The van der Waals surface area contributed by atoms with Gasteiger partial charge in [0, 0.05) is 25.2 Å². The van der Waals surface area contributed by atoms with Crippen molar-refractivity contribution in [2.24, 2.45) is 34.5 Å². The van der Waals surface area contributed by atoms with Crippen LogP contribution in [0.3, 0.4) is 0 Å². The summed E-state index contributed by atoms with van der Waals surface area (Å²) in [6, 6.07) is 0. The maximum atomic E-state index is 13.0. The number of ether oxygens (including phenoxy) is 6. The number of hydrogen-bond donors (Lipinski definition) is 1. The number of aliphatic hydroxyl groups is 1. The summed E-state index contributed by atoms with van der Waals surface area (Å²) in [4.78, 5) is 37.7. The molecule has 2 saturated heterocycles. The predicted molar refractivity (Wildman–Crippen MR) is 136 cm³/mol. The zero-order valence-electron chi connectivity index (χ0n) is 23.7. The fourth-order valence-corrected chi connectivity index (χ4v) is 8.01. The maximum absolute atomic E-state index is 13.0. The molecule has 4 fully saturated rings. The summed E-state index contributed by atoms with van der Waals surface area (Å²) < 4.78 is 36.2. The normalized spacial score (nSPS) is 46.5. The molecule has 39 heavy (non-hydrogen) atoms. The monoisotopic (exact) mass is 550 g/mol. The lowest BCUT2D eigenvalue weighted by Crippen LogP contribution is -2.74. The van der Waals surface area contributed by atoms with Crippen molar-refractivity contribution in [3.63, 3.8) is 0 Å². The molecule has 5 rings (SSSR count). The van der Waals surface area contributed by atoms with E-state index in [9.17, 15) is 19.5 Å². The fourth-order valence-electron chi connectivity index (χ4n) is 8.01. The molecular weight excluding hydrogens is 508 g/mol. The van der Waals surface area contributed by atoms with Gasteiger partial charge >= 0.3 is 17.9 Å². The molecule has 10 nitrogen and oxygen atoms in total. The molecule has 0 radical (unpaired) electrons. The quantitative estimate of drug-likeness (QED) is 0.287. The third kappa shape index (κ3) is 4.28. The van der Waals surface area contributed by atoms with Gasteiger partial charge in [-0.15, -0.1) is 0 Å². The van der Waals surface area contributed by atoms with E-state index in [0.717, 1.165) is 6.42 Å². The lowest BCUT2D eigenvalue weighted by molar-refractivity contribution is -0.284. The molecule has 2 aliphatic carbocycles. The smallest absolute Gasteiger partial charge is 0.309 e. The minimum absolute atomic E-state index is 0.00678. The van der Waals surface area contributed by atoms with E-state index >= 15 is 0 Å². The molecule has 3 aliphatic heterocycles. The molecule has 5 aliphatic rings. The number of carbonyl (C=O) groups excluding carboxylic acids is 3. The van der Waals surface area contributed by atoms with Crippen molar-refractivity contribution in [2.45, 2.75) is 104 Å². The summed E-state index contributed by atoms with van der Waals surface area (Å²) in [5.41, 5.74) is -2.81. The average Bonchev–Trinajstić information content (AvgIpc) is 3.36. The van der Waals surface area contributed by atoms with Crippen LogP contribution >= 0.6 is 0 Å². The van der Waals surface area contributed by atoms with E-state index in [1.807, 2.05) is 13.0 Å². The highest BCUT2D eigenvalue weighted by molar-refractivity contribution is 5.72. The number of rotatable bonds is 7. The third-order valence-corrected chi connectivity index (χ3v) is 10.6. The van der Waals surface area contributed by atoms with Crippen LogP contribution in [0.2, 0.25) is 0 Å². The Bertz CT molecular complexity index is 1020. The minimum Gasteiger partial charge on any atom is -0.472 e. The van der Waals surface area contributed by atoms with Crippen molar-refractivity contribution in [3.05, 3.63) is 12.3 Å². The van der Waals surface area contributed by atoms with Crippen LogP contribution in [-0.4, -0.2) is 72.5 Å². The highest BCUT2D eigenvalue weighted by atomic mass is 16.7. The van der Waals surface area contributed by atoms with E-state index in [2.05, 4.69) is 13.8 Å². The molecule has 218 valence electrons. The predicted octanol–water partition coefficient (Wildman–Crippen LogP) is 2.90. The first-order chi connectivity index (χ1) is 18.4. The second kappa shape index (κ2) is 10.0. The van der Waals surface area contributed by atoms with Crippen LogP contribution in [0.15, 0.2) is 12.3 Å². The van der Waals surface area contributed by atoms with E-state index in [-0.39, 0.29) is 55.7 Å². The van der Waals surface area contributed by atoms with Crippen molar-refractivity contribution in [3.8, 4) is 0 Å². The standard InChI is InChI=1S/C29H42O10/c1-7-15(2)25(33)39-24-20(32)12-21-27(6,22-11-19-8-9-34-26(19)38-22)16(3)10-23(37-18(5)31)28(21,13-35-17(4)30)29(24)14-36-29/h8-9,15-16,19-24,26,32H,7,10-14H2,1-6H3/t15-,16+,19+,20+,21+,22-,23-,24-,26-,27-,28-,29+/m0/s1. The Balaban J connectivity index is 1.62. The Morgan fingerprint density at radius 1 is 1.13 bits per heavy atom. The molecule has 10 heteroatoms. The molecule has 0 unspecified atom stereocenters. The first-order valence-corrected chi connectivity index (χ1v) is 14.2. The van der Waals surface area contributed by atoms with Crippen LogP contribution in [0.5, 0.6) is 0 Å². The lowest BCUT2D eigenvalue weighted by Gasteiger charge is -2.65. The highest BCUT2D eigenvalue weighted by Gasteiger charge is 2.81. The van der Waals surface area contributed by atoms with Gasteiger partial charge in [-0.05, 0) is 43.6 Å². The SMILES string of the molecule is CC[C@H](C)C(=O)O[C@H]1[C@H](O)C[C@@H]2[C@@](C)([C@@H]3C[C@H]4C=CO[C@H]4O3)[C@H](C)C[C@H](OC(C)=O)[C@@]2(COC(C)=O)[C@@]12CO2. The molecule has 0 bridgehead atoms. The number of fused-ring (bicyclic) bond motifs is 3. The number of epoxide rings is 1. The van der Waals surface area contributed by atoms with E-state index < -0.39 is 52.7 Å². The summed E-state index contributed by atoms with van der Waals surface area (Å²) in [5.74, 6) is -1.97. The van der Waals surface area contributed by atoms with Crippen molar-refractivity contribution in [1.29, 1.82) is 0 Å². The Labute approximate surface area is 229 Å². The van der Waals surface area contributed by atoms with Gasteiger partial charge in [-0.3, -0.25) is 14.4 Å². The van der Waals surface area contributed by atoms with Gasteiger partial charge in [-0.1, -0.05) is 27.7 Å². The number of carbonyl (C=O) groups is 3. The molecule has 1 spiro atoms. The number of aliphatic hydroxyl groups excluding tert-OH is 1. The van der Waals surface area contributed by atoms with E-state index in [1.54, 1.807) is 13.2 Å². The molecule has 0 aromatic carbocycles. The number of hydrogen-bond acceptors (Lipinski definition) is 10. The molecule has 3 heterocycles.